The fraction of sp³-hybridized carbons (Fsp3) is 0.438. The third-order valence-corrected chi connectivity index (χ3v) is 2.62. The van der Waals surface area contributed by atoms with Crippen LogP contribution in [0.5, 0.6) is 5.75 Å². The predicted octanol–water partition coefficient (Wildman–Crippen LogP) is 3.21. The number of hydrogen-bond donors (Lipinski definition) is 0. The number of amides is 1. The van der Waals surface area contributed by atoms with E-state index < -0.39 is 0 Å². The van der Waals surface area contributed by atoms with Gasteiger partial charge in [-0.15, -0.1) is 0 Å². The maximum atomic E-state index is 11.8. The molecule has 0 aromatic heterocycles. The molecule has 0 aliphatic rings. The summed E-state index contributed by atoms with van der Waals surface area (Å²) >= 11 is 0. The van der Waals surface area contributed by atoms with E-state index in [9.17, 15) is 4.79 Å². The molecule has 1 rings (SSSR count). The van der Waals surface area contributed by atoms with Gasteiger partial charge < -0.3 is 9.64 Å². The Balaban J connectivity index is 2.58. The molecule has 0 saturated carbocycles. The molecule has 0 N–H and O–H groups in total. The molecule has 3 heteroatoms. The van der Waals surface area contributed by atoms with Crippen LogP contribution in [0, 0.1) is 5.92 Å². The SMILES string of the molecule is CCOc1ccc(/C=C/C(=O)N(C)CC(C)C)cc1. The topological polar surface area (TPSA) is 29.5 Å². The van der Waals surface area contributed by atoms with E-state index in [-0.39, 0.29) is 5.91 Å². The first-order valence-corrected chi connectivity index (χ1v) is 6.69. The van der Waals surface area contributed by atoms with Crippen molar-refractivity contribution in [2.75, 3.05) is 20.2 Å². The lowest BCUT2D eigenvalue weighted by Crippen LogP contribution is -2.28. The van der Waals surface area contributed by atoms with Crippen LogP contribution in [0.4, 0.5) is 0 Å². The molecular formula is C16H23NO2. The van der Waals surface area contributed by atoms with Gasteiger partial charge in [0.1, 0.15) is 5.75 Å². The molecule has 0 aliphatic carbocycles. The van der Waals surface area contributed by atoms with E-state index in [2.05, 4.69) is 13.8 Å². The Kier molecular flexibility index (Phi) is 6.13. The van der Waals surface area contributed by atoms with Gasteiger partial charge in [-0.05, 0) is 36.6 Å². The van der Waals surface area contributed by atoms with E-state index in [0.717, 1.165) is 17.9 Å². The van der Waals surface area contributed by atoms with Gasteiger partial charge in [-0.2, -0.15) is 0 Å². The first kappa shape index (κ1) is 15.3. The summed E-state index contributed by atoms with van der Waals surface area (Å²) in [6, 6.07) is 7.70. The van der Waals surface area contributed by atoms with Crippen LogP contribution in [0.1, 0.15) is 26.3 Å². The Labute approximate surface area is 115 Å². The Morgan fingerprint density at radius 1 is 1.32 bits per heavy atom. The van der Waals surface area contributed by atoms with E-state index >= 15 is 0 Å². The maximum absolute atomic E-state index is 11.8. The molecule has 1 amide bonds. The number of ether oxygens (including phenoxy) is 1. The highest BCUT2D eigenvalue weighted by Crippen LogP contribution is 2.13. The zero-order valence-electron chi connectivity index (χ0n) is 12.2. The minimum atomic E-state index is 0.0302. The summed E-state index contributed by atoms with van der Waals surface area (Å²) in [5.41, 5.74) is 0.995. The molecule has 1 aromatic rings. The third-order valence-electron chi connectivity index (χ3n) is 2.62. The molecule has 0 fully saturated rings. The summed E-state index contributed by atoms with van der Waals surface area (Å²) in [6.07, 6.45) is 3.44. The Morgan fingerprint density at radius 3 is 2.47 bits per heavy atom. The lowest BCUT2D eigenvalue weighted by Gasteiger charge is -2.17. The molecule has 0 radical (unpaired) electrons. The second-order valence-corrected chi connectivity index (χ2v) is 4.95. The molecule has 0 bridgehead atoms. The molecule has 0 unspecified atom stereocenters. The van der Waals surface area contributed by atoms with Gasteiger partial charge in [0.25, 0.3) is 0 Å². The van der Waals surface area contributed by atoms with Crippen molar-refractivity contribution in [2.24, 2.45) is 5.92 Å². The molecule has 104 valence electrons. The summed E-state index contributed by atoms with van der Waals surface area (Å²) in [5.74, 6) is 1.36. The number of rotatable bonds is 6. The van der Waals surface area contributed by atoms with E-state index in [0.29, 0.717) is 12.5 Å². The summed E-state index contributed by atoms with van der Waals surface area (Å²) in [5, 5.41) is 0. The summed E-state index contributed by atoms with van der Waals surface area (Å²) in [4.78, 5) is 13.6. The average molecular weight is 261 g/mol. The smallest absolute Gasteiger partial charge is 0.246 e. The number of likely N-dealkylation sites (N-methyl/N-ethyl adjacent to an activating group) is 1. The zero-order chi connectivity index (χ0) is 14.3. The van der Waals surface area contributed by atoms with E-state index in [1.54, 1.807) is 11.0 Å². The molecule has 0 spiro atoms. The van der Waals surface area contributed by atoms with Crippen LogP contribution >= 0.6 is 0 Å². The van der Waals surface area contributed by atoms with Crippen molar-refractivity contribution in [1.82, 2.24) is 4.90 Å². The van der Waals surface area contributed by atoms with Crippen molar-refractivity contribution in [1.29, 1.82) is 0 Å². The van der Waals surface area contributed by atoms with E-state index in [1.165, 1.54) is 0 Å². The Hall–Kier alpha value is -1.77. The summed E-state index contributed by atoms with van der Waals surface area (Å²) in [7, 11) is 1.82. The van der Waals surface area contributed by atoms with Crippen molar-refractivity contribution in [3.63, 3.8) is 0 Å². The second kappa shape index (κ2) is 7.62. The van der Waals surface area contributed by atoms with E-state index in [4.69, 9.17) is 4.74 Å². The molecule has 0 aliphatic heterocycles. The van der Waals surface area contributed by atoms with Crippen molar-refractivity contribution in [3.05, 3.63) is 35.9 Å². The van der Waals surface area contributed by atoms with Crippen LogP contribution in [-0.2, 0) is 4.79 Å². The molecule has 1 aromatic carbocycles. The number of nitrogens with zero attached hydrogens (tertiary/aromatic N) is 1. The standard InChI is InChI=1S/C16H23NO2/c1-5-19-15-9-6-14(7-10-15)8-11-16(18)17(4)12-13(2)3/h6-11,13H,5,12H2,1-4H3/b11-8+. The predicted molar refractivity (Wildman–Crippen MR) is 79.1 cm³/mol. The normalized spacial score (nSPS) is 11.0. The number of hydrogen-bond acceptors (Lipinski definition) is 2. The molecule has 0 heterocycles. The van der Waals surface area contributed by atoms with Crippen LogP contribution < -0.4 is 4.74 Å². The Bertz CT molecular complexity index is 421. The molecular weight excluding hydrogens is 238 g/mol. The highest BCUT2D eigenvalue weighted by molar-refractivity contribution is 5.91. The fourth-order valence-electron chi connectivity index (χ4n) is 1.77. The van der Waals surface area contributed by atoms with Gasteiger partial charge in [0.05, 0.1) is 6.61 Å². The first-order chi connectivity index (χ1) is 9.02. The monoisotopic (exact) mass is 261 g/mol. The highest BCUT2D eigenvalue weighted by Gasteiger charge is 2.06. The minimum absolute atomic E-state index is 0.0302. The van der Waals surface area contributed by atoms with Crippen molar-refractivity contribution in [3.8, 4) is 5.75 Å². The largest absolute Gasteiger partial charge is 0.494 e. The van der Waals surface area contributed by atoms with Crippen LogP contribution in [0.25, 0.3) is 6.08 Å². The van der Waals surface area contributed by atoms with Gasteiger partial charge in [-0.25, -0.2) is 0 Å². The average Bonchev–Trinajstić information content (AvgIpc) is 2.37. The molecule has 0 saturated heterocycles. The lowest BCUT2D eigenvalue weighted by atomic mass is 10.2. The molecule has 0 atom stereocenters. The van der Waals surface area contributed by atoms with Gasteiger partial charge in [-0.1, -0.05) is 26.0 Å². The molecule has 19 heavy (non-hydrogen) atoms. The fourth-order valence-corrected chi connectivity index (χ4v) is 1.77. The quantitative estimate of drug-likeness (QED) is 0.736. The van der Waals surface area contributed by atoms with Gasteiger partial charge >= 0.3 is 0 Å². The van der Waals surface area contributed by atoms with Crippen molar-refractivity contribution >= 4 is 12.0 Å². The van der Waals surface area contributed by atoms with Gasteiger partial charge in [0, 0.05) is 19.7 Å². The number of benzene rings is 1. The van der Waals surface area contributed by atoms with Crippen LogP contribution in [0.15, 0.2) is 30.3 Å². The highest BCUT2D eigenvalue weighted by atomic mass is 16.5. The third kappa shape index (κ3) is 5.60. The Morgan fingerprint density at radius 2 is 1.95 bits per heavy atom. The second-order valence-electron chi connectivity index (χ2n) is 4.95. The summed E-state index contributed by atoms with van der Waals surface area (Å²) < 4.78 is 5.37. The minimum Gasteiger partial charge on any atom is -0.494 e. The number of carbonyl (C=O) groups excluding carboxylic acids is 1. The van der Waals surface area contributed by atoms with Crippen molar-refractivity contribution in [2.45, 2.75) is 20.8 Å². The maximum Gasteiger partial charge on any atom is 0.246 e. The van der Waals surface area contributed by atoms with Gasteiger partial charge in [-0.3, -0.25) is 4.79 Å². The zero-order valence-corrected chi connectivity index (χ0v) is 12.2. The number of carbonyl (C=O) groups is 1. The van der Waals surface area contributed by atoms with E-state index in [1.807, 2.05) is 44.3 Å². The molecule has 3 nitrogen and oxygen atoms in total. The van der Waals surface area contributed by atoms with Gasteiger partial charge in [0.15, 0.2) is 0 Å². The van der Waals surface area contributed by atoms with Crippen LogP contribution in [0.2, 0.25) is 0 Å². The van der Waals surface area contributed by atoms with Crippen LogP contribution in [-0.4, -0.2) is 31.0 Å². The summed E-state index contributed by atoms with van der Waals surface area (Å²) in [6.45, 7) is 7.58. The van der Waals surface area contributed by atoms with Crippen LogP contribution in [0.3, 0.4) is 0 Å². The lowest BCUT2D eigenvalue weighted by molar-refractivity contribution is -0.125. The van der Waals surface area contributed by atoms with Crippen molar-refractivity contribution < 1.29 is 9.53 Å². The first-order valence-electron chi connectivity index (χ1n) is 6.69. The van der Waals surface area contributed by atoms with Gasteiger partial charge in [0.2, 0.25) is 5.91 Å².